The summed E-state index contributed by atoms with van der Waals surface area (Å²) in [5.41, 5.74) is 1.20. The van der Waals surface area contributed by atoms with Crippen molar-refractivity contribution < 1.29 is 9.53 Å². The maximum atomic E-state index is 12.7. The molecule has 3 heteroatoms. The van der Waals surface area contributed by atoms with Gasteiger partial charge >= 0.3 is 5.97 Å². The lowest BCUT2D eigenvalue weighted by atomic mass is 9.43. The fourth-order valence-electron chi connectivity index (χ4n) is 5.88. The Morgan fingerprint density at radius 1 is 1.18 bits per heavy atom. The van der Waals surface area contributed by atoms with Crippen LogP contribution < -0.4 is 0 Å². The normalized spacial score (nSPS) is 38.5. The number of benzene rings is 1. The monoisotopic (exact) mass is 295 g/mol. The van der Waals surface area contributed by atoms with Gasteiger partial charge in [0.15, 0.2) is 6.61 Å². The van der Waals surface area contributed by atoms with E-state index in [0.717, 1.165) is 19.3 Å². The van der Waals surface area contributed by atoms with E-state index in [2.05, 4.69) is 30.3 Å². The third-order valence-electron chi connectivity index (χ3n) is 6.15. The molecule has 3 nitrogen and oxygen atoms in total. The van der Waals surface area contributed by atoms with Crippen molar-refractivity contribution in [2.24, 2.45) is 17.3 Å². The van der Waals surface area contributed by atoms with E-state index in [1.165, 1.54) is 24.8 Å². The quantitative estimate of drug-likeness (QED) is 0.801. The Bertz CT molecular complexity index is 617. The zero-order chi connectivity index (χ0) is 15.2. The first-order valence-corrected chi connectivity index (χ1v) is 8.26. The molecule has 0 spiro atoms. The molecule has 4 aliphatic rings. The average molecular weight is 295 g/mol. The predicted molar refractivity (Wildman–Crippen MR) is 81.8 cm³/mol. The van der Waals surface area contributed by atoms with E-state index < -0.39 is 0 Å². The van der Waals surface area contributed by atoms with Crippen LogP contribution in [0, 0.1) is 28.6 Å². The van der Waals surface area contributed by atoms with Crippen LogP contribution in [0.4, 0.5) is 0 Å². The molecule has 1 aromatic carbocycles. The summed E-state index contributed by atoms with van der Waals surface area (Å²) >= 11 is 0. The number of hydrogen-bond acceptors (Lipinski definition) is 3. The zero-order valence-corrected chi connectivity index (χ0v) is 12.8. The second-order valence-electron chi connectivity index (χ2n) is 7.62. The van der Waals surface area contributed by atoms with E-state index in [0.29, 0.717) is 11.8 Å². The topological polar surface area (TPSA) is 50.1 Å². The number of nitriles is 1. The first-order chi connectivity index (χ1) is 10.7. The van der Waals surface area contributed by atoms with Crippen LogP contribution in [0.1, 0.15) is 44.1 Å². The maximum Gasteiger partial charge on any atom is 0.313 e. The Hall–Kier alpha value is -1.82. The lowest BCUT2D eigenvalue weighted by Gasteiger charge is -2.61. The molecule has 1 aromatic rings. The number of hydrogen-bond donors (Lipinski definition) is 0. The molecule has 0 amide bonds. The molecular weight excluding hydrogens is 274 g/mol. The Morgan fingerprint density at radius 3 is 2.50 bits per heavy atom. The largest absolute Gasteiger partial charge is 0.450 e. The molecule has 0 heterocycles. The number of rotatable bonds is 3. The fraction of sp³-hybridized carbons (Fsp3) is 0.579. The lowest BCUT2D eigenvalue weighted by Crippen LogP contribution is -2.57. The highest BCUT2D eigenvalue weighted by molar-refractivity contribution is 5.78. The minimum Gasteiger partial charge on any atom is -0.450 e. The lowest BCUT2D eigenvalue weighted by molar-refractivity contribution is -0.172. The van der Waals surface area contributed by atoms with Crippen molar-refractivity contribution in [2.75, 3.05) is 6.61 Å². The molecule has 114 valence electrons. The van der Waals surface area contributed by atoms with Crippen molar-refractivity contribution in [2.45, 2.75) is 43.9 Å². The summed E-state index contributed by atoms with van der Waals surface area (Å²) in [7, 11) is 0. The van der Waals surface area contributed by atoms with Crippen molar-refractivity contribution in [1.82, 2.24) is 0 Å². The smallest absolute Gasteiger partial charge is 0.313 e. The van der Waals surface area contributed by atoms with Gasteiger partial charge in [0.1, 0.15) is 6.07 Å². The minimum atomic E-state index is -0.337. The fourth-order valence-corrected chi connectivity index (χ4v) is 5.88. The van der Waals surface area contributed by atoms with Crippen LogP contribution in [0.3, 0.4) is 0 Å². The van der Waals surface area contributed by atoms with E-state index in [1.807, 2.05) is 6.07 Å². The van der Waals surface area contributed by atoms with Crippen molar-refractivity contribution in [3.63, 3.8) is 0 Å². The van der Waals surface area contributed by atoms with Gasteiger partial charge in [-0.15, -0.1) is 0 Å². The molecule has 4 fully saturated rings. The highest BCUT2D eigenvalue weighted by Crippen LogP contribution is 2.66. The van der Waals surface area contributed by atoms with Gasteiger partial charge in [0.05, 0.1) is 5.41 Å². The van der Waals surface area contributed by atoms with Gasteiger partial charge in [-0.05, 0) is 61.3 Å². The van der Waals surface area contributed by atoms with Gasteiger partial charge in [0, 0.05) is 0 Å². The molecule has 0 N–H and O–H groups in total. The predicted octanol–water partition coefficient (Wildman–Crippen LogP) is 3.59. The molecule has 2 unspecified atom stereocenters. The summed E-state index contributed by atoms with van der Waals surface area (Å²) < 4.78 is 5.26. The molecule has 0 aliphatic heterocycles. The second-order valence-corrected chi connectivity index (χ2v) is 7.62. The Balaban J connectivity index is 1.70. The van der Waals surface area contributed by atoms with Gasteiger partial charge in [0.25, 0.3) is 0 Å². The van der Waals surface area contributed by atoms with E-state index in [-0.39, 0.29) is 23.4 Å². The van der Waals surface area contributed by atoms with Gasteiger partial charge in [-0.25, -0.2) is 0 Å². The first kappa shape index (κ1) is 13.8. The second kappa shape index (κ2) is 4.84. The van der Waals surface area contributed by atoms with Gasteiger partial charge in [-0.1, -0.05) is 30.3 Å². The molecule has 4 atom stereocenters. The molecular formula is C19H21NO2. The van der Waals surface area contributed by atoms with Crippen LogP contribution in [0.15, 0.2) is 30.3 Å². The van der Waals surface area contributed by atoms with Crippen molar-refractivity contribution >= 4 is 5.97 Å². The van der Waals surface area contributed by atoms with Crippen LogP contribution in [-0.2, 0) is 14.9 Å². The molecule has 4 saturated carbocycles. The molecule has 4 aliphatic carbocycles. The summed E-state index contributed by atoms with van der Waals surface area (Å²) in [5, 5.41) is 8.70. The first-order valence-electron chi connectivity index (χ1n) is 8.26. The third-order valence-corrected chi connectivity index (χ3v) is 6.15. The van der Waals surface area contributed by atoms with E-state index >= 15 is 0 Å². The van der Waals surface area contributed by atoms with Crippen LogP contribution in [0.2, 0.25) is 0 Å². The third kappa shape index (κ3) is 1.97. The summed E-state index contributed by atoms with van der Waals surface area (Å²) in [6.45, 7) is -0.117. The van der Waals surface area contributed by atoms with E-state index in [9.17, 15) is 4.79 Å². The van der Waals surface area contributed by atoms with Gasteiger partial charge < -0.3 is 4.74 Å². The highest BCUT2D eigenvalue weighted by atomic mass is 16.5. The average Bonchev–Trinajstić information content (AvgIpc) is 2.52. The number of esters is 1. The van der Waals surface area contributed by atoms with Crippen molar-refractivity contribution in [3.8, 4) is 6.07 Å². The molecule has 4 bridgehead atoms. The Labute approximate surface area is 131 Å². The van der Waals surface area contributed by atoms with Crippen LogP contribution in [0.5, 0.6) is 0 Å². The van der Waals surface area contributed by atoms with Gasteiger partial charge in [0.2, 0.25) is 0 Å². The van der Waals surface area contributed by atoms with E-state index in [1.54, 1.807) is 0 Å². The molecule has 5 rings (SSSR count). The molecule has 0 aromatic heterocycles. The van der Waals surface area contributed by atoms with E-state index in [4.69, 9.17) is 10.00 Å². The number of carbonyl (C=O) groups excluding carboxylic acids is 1. The summed E-state index contributed by atoms with van der Waals surface area (Å²) in [4.78, 5) is 12.7. The van der Waals surface area contributed by atoms with Gasteiger partial charge in [-0.2, -0.15) is 5.26 Å². The minimum absolute atomic E-state index is 0.117. The number of ether oxygens (including phenoxy) is 1. The highest BCUT2D eigenvalue weighted by Gasteiger charge is 2.61. The van der Waals surface area contributed by atoms with Crippen LogP contribution in [-0.4, -0.2) is 12.6 Å². The van der Waals surface area contributed by atoms with Crippen LogP contribution in [0.25, 0.3) is 0 Å². The molecule has 22 heavy (non-hydrogen) atoms. The van der Waals surface area contributed by atoms with Crippen molar-refractivity contribution in [1.29, 1.82) is 5.26 Å². The van der Waals surface area contributed by atoms with Crippen molar-refractivity contribution in [3.05, 3.63) is 35.9 Å². The number of carbonyl (C=O) groups is 1. The molecule has 0 saturated heterocycles. The molecule has 0 radical (unpaired) electrons. The Kier molecular flexibility index (Phi) is 3.04. The SMILES string of the molecule is N#CCOC(=O)C12C[C@H]3C[C@@H](C1)CC(c1ccccc1)(C3)C2. The summed E-state index contributed by atoms with van der Waals surface area (Å²) in [6, 6.07) is 12.6. The standard InChI is InChI=1S/C19H21NO2/c20-6-7-22-17(21)19-11-14-8-15(12-19)10-18(9-14,13-19)16-4-2-1-3-5-16/h1-5,14-15H,7-13H2/t14-,15+,18?,19?. The van der Waals surface area contributed by atoms with Crippen LogP contribution >= 0.6 is 0 Å². The number of nitrogens with zero attached hydrogens (tertiary/aromatic N) is 1. The maximum absolute atomic E-state index is 12.7. The summed E-state index contributed by atoms with van der Waals surface area (Å²) in [5.74, 6) is 1.15. The summed E-state index contributed by atoms with van der Waals surface area (Å²) in [6.07, 6.45) is 6.51. The zero-order valence-electron chi connectivity index (χ0n) is 12.8. The van der Waals surface area contributed by atoms with Gasteiger partial charge in [-0.3, -0.25) is 4.79 Å². The Morgan fingerprint density at radius 2 is 1.86 bits per heavy atom.